The molecule has 0 fully saturated rings. The highest BCUT2D eigenvalue weighted by Crippen LogP contribution is 2.26. The molecule has 1 rings (SSSR count). The standard InChI is InChI=1S/C15H20Br2N2/c1-4-19(5-2)10-6-7-12(3)18-15-9-8-13(16)11-14(15)17/h8-9,11-12,18H,4-5,10H2,1-3H3. The summed E-state index contributed by atoms with van der Waals surface area (Å²) in [7, 11) is 0. The summed E-state index contributed by atoms with van der Waals surface area (Å²) in [6, 6.07) is 6.21. The van der Waals surface area contributed by atoms with Crippen molar-refractivity contribution in [1.29, 1.82) is 0 Å². The van der Waals surface area contributed by atoms with Crippen LogP contribution in [0.25, 0.3) is 0 Å². The van der Waals surface area contributed by atoms with Crippen molar-refractivity contribution in [3.8, 4) is 11.8 Å². The van der Waals surface area contributed by atoms with Gasteiger partial charge in [0.2, 0.25) is 0 Å². The third kappa shape index (κ3) is 5.99. The fraction of sp³-hybridized carbons (Fsp3) is 0.467. The van der Waals surface area contributed by atoms with Gasteiger partial charge in [-0.05, 0) is 54.1 Å². The summed E-state index contributed by atoms with van der Waals surface area (Å²) in [6.07, 6.45) is 0. The summed E-state index contributed by atoms with van der Waals surface area (Å²) in [6.45, 7) is 9.32. The molecule has 19 heavy (non-hydrogen) atoms. The van der Waals surface area contributed by atoms with Crippen molar-refractivity contribution in [1.82, 2.24) is 4.90 Å². The van der Waals surface area contributed by atoms with E-state index in [-0.39, 0.29) is 6.04 Å². The van der Waals surface area contributed by atoms with E-state index in [2.05, 4.69) is 74.7 Å². The van der Waals surface area contributed by atoms with Crippen molar-refractivity contribution in [2.24, 2.45) is 0 Å². The lowest BCUT2D eigenvalue weighted by Crippen LogP contribution is -2.23. The second kappa shape index (κ2) is 8.63. The first-order valence-electron chi connectivity index (χ1n) is 6.49. The average Bonchev–Trinajstić information content (AvgIpc) is 2.38. The first kappa shape index (κ1) is 16.6. The smallest absolute Gasteiger partial charge is 0.0849 e. The molecule has 0 aliphatic rings. The SMILES string of the molecule is CCN(CC)CC#CC(C)Nc1ccc(Br)cc1Br. The monoisotopic (exact) mass is 386 g/mol. The van der Waals surface area contributed by atoms with Crippen LogP contribution in [0.5, 0.6) is 0 Å². The summed E-state index contributed by atoms with van der Waals surface area (Å²) < 4.78 is 2.10. The molecule has 0 bridgehead atoms. The minimum atomic E-state index is 0.132. The van der Waals surface area contributed by atoms with Crippen LogP contribution in [0.1, 0.15) is 20.8 Å². The highest BCUT2D eigenvalue weighted by Gasteiger charge is 2.03. The lowest BCUT2D eigenvalue weighted by atomic mass is 10.2. The van der Waals surface area contributed by atoms with E-state index in [1.165, 1.54) is 0 Å². The van der Waals surface area contributed by atoms with Gasteiger partial charge in [0.15, 0.2) is 0 Å². The Morgan fingerprint density at radius 2 is 1.95 bits per heavy atom. The van der Waals surface area contributed by atoms with Crippen molar-refractivity contribution < 1.29 is 0 Å². The molecule has 0 aliphatic carbocycles. The van der Waals surface area contributed by atoms with Gasteiger partial charge in [0.1, 0.15) is 0 Å². The largest absolute Gasteiger partial charge is 0.371 e. The van der Waals surface area contributed by atoms with Gasteiger partial charge in [0.25, 0.3) is 0 Å². The Bertz CT molecular complexity index is 459. The Kier molecular flexibility index (Phi) is 7.52. The van der Waals surface area contributed by atoms with Crippen molar-refractivity contribution >= 4 is 37.5 Å². The van der Waals surface area contributed by atoms with E-state index in [1.54, 1.807) is 0 Å². The van der Waals surface area contributed by atoms with Gasteiger partial charge >= 0.3 is 0 Å². The third-order valence-corrected chi connectivity index (χ3v) is 3.97. The minimum absolute atomic E-state index is 0.132. The van der Waals surface area contributed by atoms with Crippen molar-refractivity contribution in [2.45, 2.75) is 26.8 Å². The number of nitrogens with one attached hydrogen (secondary N) is 1. The molecule has 1 atom stereocenters. The van der Waals surface area contributed by atoms with Crippen LogP contribution in [0, 0.1) is 11.8 Å². The molecule has 1 aromatic carbocycles. The van der Waals surface area contributed by atoms with Crippen molar-refractivity contribution in [3.63, 3.8) is 0 Å². The van der Waals surface area contributed by atoms with Crippen LogP contribution in [-0.4, -0.2) is 30.6 Å². The van der Waals surface area contributed by atoms with Crippen molar-refractivity contribution in [3.05, 3.63) is 27.1 Å². The van der Waals surface area contributed by atoms with Crippen LogP contribution in [-0.2, 0) is 0 Å². The topological polar surface area (TPSA) is 15.3 Å². The van der Waals surface area contributed by atoms with Crippen LogP contribution >= 0.6 is 31.9 Å². The lowest BCUT2D eigenvalue weighted by Gasteiger charge is -2.14. The molecule has 1 unspecified atom stereocenters. The molecule has 0 heterocycles. The molecule has 104 valence electrons. The number of halogens is 2. The van der Waals surface area contributed by atoms with Crippen LogP contribution in [0.2, 0.25) is 0 Å². The van der Waals surface area contributed by atoms with Gasteiger partial charge in [-0.1, -0.05) is 41.6 Å². The normalized spacial score (nSPS) is 11.9. The van der Waals surface area contributed by atoms with Crippen LogP contribution in [0.15, 0.2) is 27.1 Å². The number of anilines is 1. The summed E-state index contributed by atoms with van der Waals surface area (Å²) in [4.78, 5) is 2.30. The predicted molar refractivity (Wildman–Crippen MR) is 90.5 cm³/mol. The van der Waals surface area contributed by atoms with Gasteiger partial charge < -0.3 is 5.32 Å². The summed E-state index contributed by atoms with van der Waals surface area (Å²) in [5.74, 6) is 6.46. The molecule has 2 nitrogen and oxygen atoms in total. The van der Waals surface area contributed by atoms with Gasteiger partial charge in [-0.3, -0.25) is 4.90 Å². The quantitative estimate of drug-likeness (QED) is 0.755. The first-order valence-corrected chi connectivity index (χ1v) is 8.07. The fourth-order valence-corrected chi connectivity index (χ4v) is 2.80. The summed E-state index contributed by atoms with van der Waals surface area (Å²) in [5.41, 5.74) is 1.06. The Balaban J connectivity index is 2.55. The lowest BCUT2D eigenvalue weighted by molar-refractivity contribution is 0.342. The molecular weight excluding hydrogens is 368 g/mol. The number of rotatable bonds is 5. The highest BCUT2D eigenvalue weighted by molar-refractivity contribution is 9.11. The Morgan fingerprint density at radius 3 is 2.53 bits per heavy atom. The number of hydrogen-bond acceptors (Lipinski definition) is 2. The maximum atomic E-state index is 3.54. The molecule has 4 heteroatoms. The van der Waals surface area contributed by atoms with E-state index in [1.807, 2.05) is 18.2 Å². The molecular formula is C15H20Br2N2. The summed E-state index contributed by atoms with van der Waals surface area (Å²) in [5, 5.41) is 3.39. The van der Waals surface area contributed by atoms with Gasteiger partial charge in [0, 0.05) is 14.6 Å². The van der Waals surface area contributed by atoms with E-state index < -0.39 is 0 Å². The second-order valence-electron chi connectivity index (χ2n) is 4.27. The number of hydrogen-bond donors (Lipinski definition) is 1. The van der Waals surface area contributed by atoms with Gasteiger partial charge in [-0.25, -0.2) is 0 Å². The van der Waals surface area contributed by atoms with Gasteiger partial charge in [-0.15, -0.1) is 0 Å². The zero-order valence-electron chi connectivity index (χ0n) is 11.6. The Morgan fingerprint density at radius 1 is 1.26 bits per heavy atom. The maximum Gasteiger partial charge on any atom is 0.0849 e. The van der Waals surface area contributed by atoms with E-state index >= 15 is 0 Å². The number of benzene rings is 1. The van der Waals surface area contributed by atoms with Crippen LogP contribution in [0.3, 0.4) is 0 Å². The molecule has 0 amide bonds. The fourth-order valence-electron chi connectivity index (χ4n) is 1.63. The predicted octanol–water partition coefficient (Wildman–Crippen LogP) is 4.36. The third-order valence-electron chi connectivity index (χ3n) is 2.82. The van der Waals surface area contributed by atoms with E-state index in [0.717, 1.165) is 34.3 Å². The highest BCUT2D eigenvalue weighted by atomic mass is 79.9. The van der Waals surface area contributed by atoms with Crippen LogP contribution in [0.4, 0.5) is 5.69 Å². The zero-order valence-corrected chi connectivity index (χ0v) is 14.8. The molecule has 1 N–H and O–H groups in total. The molecule has 0 aliphatic heterocycles. The molecule has 0 aromatic heterocycles. The molecule has 0 radical (unpaired) electrons. The molecule has 0 spiro atoms. The van der Waals surface area contributed by atoms with E-state index in [0.29, 0.717) is 0 Å². The zero-order chi connectivity index (χ0) is 14.3. The van der Waals surface area contributed by atoms with Gasteiger partial charge in [0.05, 0.1) is 12.6 Å². The van der Waals surface area contributed by atoms with Crippen LogP contribution < -0.4 is 5.32 Å². The maximum absolute atomic E-state index is 3.54. The Labute approximate surface area is 133 Å². The van der Waals surface area contributed by atoms with Gasteiger partial charge in [-0.2, -0.15) is 0 Å². The number of nitrogens with zero attached hydrogens (tertiary/aromatic N) is 1. The van der Waals surface area contributed by atoms with E-state index in [4.69, 9.17) is 0 Å². The average molecular weight is 388 g/mol. The van der Waals surface area contributed by atoms with E-state index in [9.17, 15) is 0 Å². The molecule has 0 saturated heterocycles. The summed E-state index contributed by atoms with van der Waals surface area (Å²) >= 11 is 6.99. The minimum Gasteiger partial charge on any atom is -0.371 e. The molecule has 0 saturated carbocycles. The Hall–Kier alpha value is -0.500. The first-order chi connectivity index (χ1) is 9.06. The second-order valence-corrected chi connectivity index (χ2v) is 6.04. The molecule has 1 aromatic rings. The van der Waals surface area contributed by atoms with Crippen molar-refractivity contribution in [2.75, 3.05) is 25.0 Å².